The van der Waals surface area contributed by atoms with Gasteiger partial charge in [0.2, 0.25) is 0 Å². The maximum absolute atomic E-state index is 12.0. The molecule has 0 spiro atoms. The molecule has 0 bridgehead atoms. The van der Waals surface area contributed by atoms with E-state index in [-0.39, 0.29) is 12.0 Å². The van der Waals surface area contributed by atoms with Crippen LogP contribution in [-0.2, 0) is 4.74 Å². The minimum absolute atomic E-state index is 0.196. The van der Waals surface area contributed by atoms with Crippen LogP contribution in [0.25, 0.3) is 0 Å². The van der Waals surface area contributed by atoms with Gasteiger partial charge in [-0.1, -0.05) is 37.3 Å². The molecule has 3 atom stereocenters. The van der Waals surface area contributed by atoms with E-state index in [0.29, 0.717) is 12.8 Å². The molecule has 0 heterocycles. The summed E-state index contributed by atoms with van der Waals surface area (Å²) in [4.78, 5) is 12.0. The number of terminal acetylenes is 1. The van der Waals surface area contributed by atoms with Crippen LogP contribution >= 0.6 is 0 Å². The number of carbonyl (C=O) groups excluding carboxylic acids is 1. The molecule has 1 rings (SSSR count). The number of nitrogens with one attached hydrogen (secondary N) is 1. The Morgan fingerprint density at radius 2 is 1.96 bits per heavy atom. The third-order valence-corrected chi connectivity index (χ3v) is 3.58. The summed E-state index contributed by atoms with van der Waals surface area (Å²) in [5, 5.41) is 13.4. The van der Waals surface area contributed by atoms with Crippen LogP contribution in [0.5, 0.6) is 0 Å². The van der Waals surface area contributed by atoms with Gasteiger partial charge in [0.15, 0.2) is 0 Å². The van der Waals surface area contributed by atoms with Crippen LogP contribution in [0, 0.1) is 18.3 Å². The largest absolute Gasteiger partial charge is 0.444 e. The summed E-state index contributed by atoms with van der Waals surface area (Å²) in [7, 11) is 0. The Balaban J connectivity index is 2.80. The van der Waals surface area contributed by atoms with Crippen LogP contribution in [0.4, 0.5) is 4.79 Å². The Morgan fingerprint density at radius 1 is 1.35 bits per heavy atom. The quantitative estimate of drug-likeness (QED) is 0.787. The minimum atomic E-state index is -0.686. The van der Waals surface area contributed by atoms with Crippen molar-refractivity contribution in [2.24, 2.45) is 5.92 Å². The Bertz CT molecular complexity index is 528. The number of alkyl carbamates (subject to hydrolysis) is 1. The van der Waals surface area contributed by atoms with Gasteiger partial charge < -0.3 is 15.2 Å². The normalized spacial score (nSPS) is 15.1. The van der Waals surface area contributed by atoms with Crippen LogP contribution < -0.4 is 5.32 Å². The summed E-state index contributed by atoms with van der Waals surface area (Å²) in [6, 6.07) is 9.12. The number of amides is 1. The third-order valence-electron chi connectivity index (χ3n) is 3.58. The van der Waals surface area contributed by atoms with Crippen LogP contribution in [0.1, 0.15) is 52.2 Å². The average molecular weight is 317 g/mol. The number of aliphatic hydroxyl groups is 1. The fraction of sp³-hybridized carbons (Fsp3) is 0.526. The summed E-state index contributed by atoms with van der Waals surface area (Å²) < 4.78 is 5.30. The van der Waals surface area contributed by atoms with E-state index in [0.717, 1.165) is 5.56 Å². The van der Waals surface area contributed by atoms with Crippen LogP contribution in [0.3, 0.4) is 0 Å². The summed E-state index contributed by atoms with van der Waals surface area (Å²) >= 11 is 0. The van der Waals surface area contributed by atoms with Crippen LogP contribution in [0.15, 0.2) is 30.3 Å². The lowest BCUT2D eigenvalue weighted by atomic mass is 9.88. The molecule has 23 heavy (non-hydrogen) atoms. The summed E-state index contributed by atoms with van der Waals surface area (Å²) in [6.07, 6.45) is 5.26. The second-order valence-electron chi connectivity index (χ2n) is 6.71. The fourth-order valence-electron chi connectivity index (χ4n) is 2.34. The Morgan fingerprint density at radius 3 is 2.48 bits per heavy atom. The number of ether oxygens (including phenoxy) is 1. The van der Waals surface area contributed by atoms with Crippen LogP contribution in [-0.4, -0.2) is 22.8 Å². The lowest BCUT2D eigenvalue weighted by molar-refractivity contribution is 0.0415. The molecule has 3 unspecified atom stereocenters. The Kier molecular flexibility index (Phi) is 7.12. The van der Waals surface area contributed by atoms with Crippen molar-refractivity contribution in [2.75, 3.05) is 0 Å². The van der Waals surface area contributed by atoms with E-state index in [1.54, 1.807) is 0 Å². The number of hydrogen-bond acceptors (Lipinski definition) is 3. The third kappa shape index (κ3) is 6.75. The van der Waals surface area contributed by atoms with E-state index in [1.807, 2.05) is 58.0 Å². The first-order chi connectivity index (χ1) is 10.7. The van der Waals surface area contributed by atoms with Gasteiger partial charge in [-0.25, -0.2) is 4.79 Å². The zero-order valence-corrected chi connectivity index (χ0v) is 14.4. The van der Waals surface area contributed by atoms with E-state index in [2.05, 4.69) is 11.2 Å². The van der Waals surface area contributed by atoms with Crippen molar-refractivity contribution in [1.82, 2.24) is 5.32 Å². The second-order valence-corrected chi connectivity index (χ2v) is 6.71. The van der Waals surface area contributed by atoms with Gasteiger partial charge >= 0.3 is 6.09 Å². The highest BCUT2D eigenvalue weighted by molar-refractivity contribution is 5.68. The number of carbonyl (C=O) groups is 1. The first-order valence-corrected chi connectivity index (χ1v) is 7.90. The van der Waals surface area contributed by atoms with Gasteiger partial charge in [-0.15, -0.1) is 12.3 Å². The first-order valence-electron chi connectivity index (χ1n) is 7.90. The van der Waals surface area contributed by atoms with Crippen LogP contribution in [0.2, 0.25) is 0 Å². The van der Waals surface area contributed by atoms with Gasteiger partial charge in [0, 0.05) is 18.4 Å². The smallest absolute Gasteiger partial charge is 0.407 e. The first kappa shape index (κ1) is 19.1. The second kappa shape index (κ2) is 8.59. The number of benzene rings is 1. The highest BCUT2D eigenvalue weighted by Crippen LogP contribution is 2.26. The van der Waals surface area contributed by atoms with Crippen molar-refractivity contribution in [1.29, 1.82) is 0 Å². The molecule has 1 amide bonds. The molecule has 0 saturated carbocycles. The summed E-state index contributed by atoms with van der Waals surface area (Å²) in [6.45, 7) is 7.33. The molecule has 0 fully saturated rings. The lowest BCUT2D eigenvalue weighted by Gasteiger charge is -2.30. The highest BCUT2D eigenvalue weighted by Gasteiger charge is 2.28. The van der Waals surface area contributed by atoms with E-state index in [1.165, 1.54) is 0 Å². The minimum Gasteiger partial charge on any atom is -0.444 e. The molecule has 0 aliphatic heterocycles. The van der Waals surface area contributed by atoms with E-state index in [9.17, 15) is 9.90 Å². The monoisotopic (exact) mass is 317 g/mol. The topological polar surface area (TPSA) is 58.6 Å². The molecule has 4 nitrogen and oxygen atoms in total. The fourth-order valence-corrected chi connectivity index (χ4v) is 2.34. The standard InChI is InChI=1S/C19H27NO3/c1-6-7-13-16(20-18(22)23-19(3,4)5)14(2)17(21)15-11-9-8-10-12-15/h1,8-12,14,16-17,21H,7,13H2,2-5H3,(H,20,22). The molecule has 0 radical (unpaired) electrons. The average Bonchev–Trinajstić information content (AvgIpc) is 2.49. The van der Waals surface area contributed by atoms with Crippen molar-refractivity contribution in [3.05, 3.63) is 35.9 Å². The molecule has 1 aromatic carbocycles. The van der Waals surface area contributed by atoms with E-state index in [4.69, 9.17) is 11.2 Å². The molecule has 4 heteroatoms. The SMILES string of the molecule is C#CCCC(NC(=O)OC(C)(C)C)C(C)C(O)c1ccccc1. The molecule has 1 aromatic rings. The molecule has 0 aromatic heterocycles. The number of rotatable bonds is 6. The molecule has 0 aliphatic carbocycles. The number of aliphatic hydroxyl groups excluding tert-OH is 1. The predicted molar refractivity (Wildman–Crippen MR) is 91.8 cm³/mol. The van der Waals surface area contributed by atoms with Crippen molar-refractivity contribution < 1.29 is 14.6 Å². The van der Waals surface area contributed by atoms with E-state index < -0.39 is 17.8 Å². The maximum atomic E-state index is 12.0. The van der Waals surface area contributed by atoms with Gasteiger partial charge in [0.25, 0.3) is 0 Å². The van der Waals surface area contributed by atoms with Gasteiger partial charge in [-0.2, -0.15) is 0 Å². The van der Waals surface area contributed by atoms with Gasteiger partial charge in [-0.05, 0) is 32.8 Å². The van der Waals surface area contributed by atoms with Crippen molar-refractivity contribution in [3.63, 3.8) is 0 Å². The molecular weight excluding hydrogens is 290 g/mol. The molecule has 0 aliphatic rings. The van der Waals surface area contributed by atoms with Crippen molar-refractivity contribution in [2.45, 2.75) is 58.3 Å². The zero-order valence-electron chi connectivity index (χ0n) is 14.4. The van der Waals surface area contributed by atoms with Crippen molar-refractivity contribution in [3.8, 4) is 12.3 Å². The van der Waals surface area contributed by atoms with Gasteiger partial charge in [0.1, 0.15) is 5.60 Å². The molecule has 0 saturated heterocycles. The Labute approximate surface area is 139 Å². The van der Waals surface area contributed by atoms with Gasteiger partial charge in [-0.3, -0.25) is 0 Å². The Hall–Kier alpha value is -1.99. The lowest BCUT2D eigenvalue weighted by Crippen LogP contribution is -2.43. The number of hydrogen-bond donors (Lipinski definition) is 2. The summed E-state index contributed by atoms with van der Waals surface area (Å²) in [5.74, 6) is 2.38. The summed E-state index contributed by atoms with van der Waals surface area (Å²) in [5.41, 5.74) is 0.249. The molecular formula is C19H27NO3. The van der Waals surface area contributed by atoms with E-state index >= 15 is 0 Å². The van der Waals surface area contributed by atoms with Crippen molar-refractivity contribution >= 4 is 6.09 Å². The maximum Gasteiger partial charge on any atom is 0.407 e. The highest BCUT2D eigenvalue weighted by atomic mass is 16.6. The predicted octanol–water partition coefficient (Wildman–Crippen LogP) is 3.66. The zero-order chi connectivity index (χ0) is 17.5. The van der Waals surface area contributed by atoms with Gasteiger partial charge in [0.05, 0.1) is 6.10 Å². The molecule has 2 N–H and O–H groups in total. The molecule has 126 valence electrons.